The third kappa shape index (κ3) is 4.69. The summed E-state index contributed by atoms with van der Waals surface area (Å²) >= 11 is 3.17. The van der Waals surface area contributed by atoms with E-state index in [0.717, 1.165) is 0 Å². The molecule has 0 saturated carbocycles. The molecule has 0 radical (unpaired) electrons. The SMILES string of the molecule is C[C@H](O)CCNC(=O)Nc1cc(C#N)c(Br)cn1. The lowest BCUT2D eigenvalue weighted by atomic mass is 10.3. The van der Waals surface area contributed by atoms with Crippen LogP contribution >= 0.6 is 15.9 Å². The van der Waals surface area contributed by atoms with E-state index in [9.17, 15) is 4.79 Å². The molecule has 0 bridgehead atoms. The molecule has 0 unspecified atom stereocenters. The summed E-state index contributed by atoms with van der Waals surface area (Å²) < 4.78 is 0.574. The molecule has 0 fully saturated rings. The molecule has 1 atom stereocenters. The maximum atomic E-state index is 11.4. The second-order valence-electron chi connectivity index (χ2n) is 3.68. The summed E-state index contributed by atoms with van der Waals surface area (Å²) in [5.74, 6) is 0.296. The van der Waals surface area contributed by atoms with Crippen LogP contribution in [0.4, 0.5) is 10.6 Å². The number of aromatic nitrogens is 1. The number of carbonyl (C=O) groups excluding carboxylic acids is 1. The summed E-state index contributed by atoms with van der Waals surface area (Å²) in [7, 11) is 0. The Labute approximate surface area is 113 Å². The van der Waals surface area contributed by atoms with Crippen LogP contribution in [-0.4, -0.2) is 28.8 Å². The number of urea groups is 1. The van der Waals surface area contributed by atoms with Gasteiger partial charge in [-0.1, -0.05) is 0 Å². The van der Waals surface area contributed by atoms with Gasteiger partial charge in [-0.2, -0.15) is 5.26 Å². The minimum Gasteiger partial charge on any atom is -0.393 e. The van der Waals surface area contributed by atoms with Gasteiger partial charge in [0.15, 0.2) is 0 Å². The van der Waals surface area contributed by atoms with Gasteiger partial charge in [-0.15, -0.1) is 0 Å². The van der Waals surface area contributed by atoms with Gasteiger partial charge in [0.25, 0.3) is 0 Å². The quantitative estimate of drug-likeness (QED) is 0.786. The Morgan fingerprint density at radius 2 is 2.44 bits per heavy atom. The number of nitriles is 1. The van der Waals surface area contributed by atoms with E-state index in [1.165, 1.54) is 12.3 Å². The first kappa shape index (κ1) is 14.4. The number of rotatable bonds is 4. The van der Waals surface area contributed by atoms with Gasteiger partial charge in [-0.25, -0.2) is 9.78 Å². The highest BCUT2D eigenvalue weighted by atomic mass is 79.9. The maximum absolute atomic E-state index is 11.4. The second kappa shape index (κ2) is 6.93. The van der Waals surface area contributed by atoms with Crippen molar-refractivity contribution < 1.29 is 9.90 Å². The summed E-state index contributed by atoms with van der Waals surface area (Å²) in [5, 5.41) is 22.9. The van der Waals surface area contributed by atoms with E-state index >= 15 is 0 Å². The standard InChI is InChI=1S/C11H13BrN4O2/c1-7(17)2-3-14-11(18)16-10-4-8(5-13)9(12)6-15-10/h4,6-7,17H,2-3H2,1H3,(H2,14,15,16,18)/t7-/m0/s1. The van der Waals surface area contributed by atoms with E-state index < -0.39 is 12.1 Å². The molecule has 0 aliphatic heterocycles. The Morgan fingerprint density at radius 3 is 3.06 bits per heavy atom. The molecule has 7 heteroatoms. The molecule has 1 heterocycles. The highest BCUT2D eigenvalue weighted by molar-refractivity contribution is 9.10. The number of halogens is 1. The number of nitrogens with zero attached hydrogens (tertiary/aromatic N) is 2. The lowest BCUT2D eigenvalue weighted by molar-refractivity contribution is 0.184. The van der Waals surface area contributed by atoms with Crippen LogP contribution in [0.5, 0.6) is 0 Å². The molecule has 0 aliphatic carbocycles. The Balaban J connectivity index is 2.52. The topological polar surface area (TPSA) is 98.0 Å². The largest absolute Gasteiger partial charge is 0.393 e. The van der Waals surface area contributed by atoms with Crippen molar-refractivity contribution in [2.24, 2.45) is 0 Å². The molecule has 96 valence electrons. The summed E-state index contributed by atoms with van der Waals surface area (Å²) in [6.07, 6.45) is 1.47. The monoisotopic (exact) mass is 312 g/mol. The fourth-order valence-corrected chi connectivity index (χ4v) is 1.45. The number of carbonyl (C=O) groups is 1. The first-order chi connectivity index (χ1) is 8.52. The van der Waals surface area contributed by atoms with Crippen LogP contribution < -0.4 is 10.6 Å². The van der Waals surface area contributed by atoms with Crippen molar-refractivity contribution in [3.05, 3.63) is 22.3 Å². The van der Waals surface area contributed by atoms with Crippen molar-refractivity contribution in [3.8, 4) is 6.07 Å². The Kier molecular flexibility index (Phi) is 5.55. The third-order valence-electron chi connectivity index (χ3n) is 2.07. The number of pyridine rings is 1. The predicted molar refractivity (Wildman–Crippen MR) is 70.0 cm³/mol. The molecular formula is C11H13BrN4O2. The first-order valence-electron chi connectivity index (χ1n) is 5.31. The number of amides is 2. The first-order valence-corrected chi connectivity index (χ1v) is 6.10. The molecule has 2 amide bonds. The molecule has 0 spiro atoms. The average Bonchev–Trinajstić information content (AvgIpc) is 2.31. The molecule has 1 aromatic rings. The number of nitrogens with one attached hydrogen (secondary N) is 2. The lowest BCUT2D eigenvalue weighted by Gasteiger charge is -2.08. The minimum absolute atomic E-state index is 0.296. The minimum atomic E-state index is -0.457. The highest BCUT2D eigenvalue weighted by Gasteiger charge is 2.06. The molecule has 6 nitrogen and oxygen atoms in total. The van der Waals surface area contributed by atoms with Gasteiger partial charge in [-0.3, -0.25) is 5.32 Å². The molecule has 0 aliphatic rings. The molecule has 18 heavy (non-hydrogen) atoms. The van der Waals surface area contributed by atoms with E-state index in [-0.39, 0.29) is 0 Å². The van der Waals surface area contributed by atoms with Crippen molar-refractivity contribution in [2.75, 3.05) is 11.9 Å². The Morgan fingerprint density at radius 1 is 1.72 bits per heavy atom. The summed E-state index contributed by atoms with van der Waals surface area (Å²) in [6, 6.07) is 3.02. The van der Waals surface area contributed by atoms with Gasteiger partial charge in [0.1, 0.15) is 11.9 Å². The van der Waals surface area contributed by atoms with Crippen LogP contribution in [0.1, 0.15) is 18.9 Å². The number of anilines is 1. The predicted octanol–water partition coefficient (Wildman–Crippen LogP) is 1.61. The van der Waals surface area contributed by atoms with Gasteiger partial charge in [-0.05, 0) is 35.3 Å². The van der Waals surface area contributed by atoms with Crippen molar-refractivity contribution in [1.29, 1.82) is 5.26 Å². The van der Waals surface area contributed by atoms with Crippen LogP contribution in [0.25, 0.3) is 0 Å². The van der Waals surface area contributed by atoms with Crippen LogP contribution in [0.2, 0.25) is 0 Å². The van der Waals surface area contributed by atoms with Crippen molar-refractivity contribution >= 4 is 27.8 Å². The van der Waals surface area contributed by atoms with Gasteiger partial charge in [0.2, 0.25) is 0 Å². The Hall–Kier alpha value is -1.65. The maximum Gasteiger partial charge on any atom is 0.320 e. The van der Waals surface area contributed by atoms with Gasteiger partial charge >= 0.3 is 6.03 Å². The third-order valence-corrected chi connectivity index (χ3v) is 2.70. The molecule has 0 aromatic carbocycles. The lowest BCUT2D eigenvalue weighted by Crippen LogP contribution is -2.31. The average molecular weight is 313 g/mol. The van der Waals surface area contributed by atoms with E-state index in [2.05, 4.69) is 31.5 Å². The fourth-order valence-electron chi connectivity index (χ4n) is 1.15. The van der Waals surface area contributed by atoms with Gasteiger partial charge in [0, 0.05) is 12.7 Å². The molecule has 1 rings (SSSR count). The fraction of sp³-hybridized carbons (Fsp3) is 0.364. The van der Waals surface area contributed by atoms with E-state index in [0.29, 0.717) is 28.8 Å². The molecular weight excluding hydrogens is 300 g/mol. The zero-order valence-corrected chi connectivity index (χ0v) is 11.4. The number of aliphatic hydroxyl groups is 1. The van der Waals surface area contributed by atoms with Crippen molar-refractivity contribution in [3.63, 3.8) is 0 Å². The van der Waals surface area contributed by atoms with Crippen LogP contribution in [0, 0.1) is 11.3 Å². The van der Waals surface area contributed by atoms with Crippen LogP contribution in [0.15, 0.2) is 16.7 Å². The number of aliphatic hydroxyl groups excluding tert-OH is 1. The second-order valence-corrected chi connectivity index (χ2v) is 4.53. The van der Waals surface area contributed by atoms with Gasteiger partial charge < -0.3 is 10.4 Å². The smallest absolute Gasteiger partial charge is 0.320 e. The molecule has 1 aromatic heterocycles. The number of hydrogen-bond donors (Lipinski definition) is 3. The number of hydrogen-bond acceptors (Lipinski definition) is 4. The van der Waals surface area contributed by atoms with E-state index in [1.54, 1.807) is 6.92 Å². The van der Waals surface area contributed by atoms with E-state index in [4.69, 9.17) is 10.4 Å². The normalized spacial score (nSPS) is 11.4. The molecule has 3 N–H and O–H groups in total. The summed E-state index contributed by atoms with van der Waals surface area (Å²) in [5.41, 5.74) is 0.393. The zero-order chi connectivity index (χ0) is 13.5. The Bertz CT molecular complexity index is 471. The van der Waals surface area contributed by atoms with Crippen molar-refractivity contribution in [1.82, 2.24) is 10.3 Å². The van der Waals surface area contributed by atoms with Crippen LogP contribution in [-0.2, 0) is 0 Å². The summed E-state index contributed by atoms with van der Waals surface area (Å²) in [6.45, 7) is 2.01. The zero-order valence-electron chi connectivity index (χ0n) is 9.77. The summed E-state index contributed by atoms with van der Waals surface area (Å²) in [4.78, 5) is 15.4. The van der Waals surface area contributed by atoms with Crippen LogP contribution in [0.3, 0.4) is 0 Å². The van der Waals surface area contributed by atoms with Gasteiger partial charge in [0.05, 0.1) is 16.1 Å². The van der Waals surface area contributed by atoms with Crippen molar-refractivity contribution in [2.45, 2.75) is 19.4 Å². The molecule has 0 saturated heterocycles. The highest BCUT2D eigenvalue weighted by Crippen LogP contribution is 2.17. The van der Waals surface area contributed by atoms with E-state index in [1.807, 2.05) is 6.07 Å².